The van der Waals surface area contributed by atoms with E-state index in [4.69, 9.17) is 9.47 Å². The van der Waals surface area contributed by atoms with Gasteiger partial charge in [0.1, 0.15) is 0 Å². The smallest absolute Gasteiger partial charge is 0.160 e. The Morgan fingerprint density at radius 3 is 2.31 bits per heavy atom. The van der Waals surface area contributed by atoms with E-state index in [0.717, 1.165) is 0 Å². The second-order valence-electron chi connectivity index (χ2n) is 4.46. The maximum Gasteiger partial charge on any atom is 0.160 e. The van der Waals surface area contributed by atoms with Crippen molar-refractivity contribution in [2.45, 2.75) is 45.7 Å². The molecule has 1 saturated heterocycles. The molecule has 3 nitrogen and oxygen atoms in total. The molecule has 1 heterocycles. The van der Waals surface area contributed by atoms with Crippen molar-refractivity contribution in [1.82, 2.24) is 0 Å². The Hall–Kier alpha value is -0.120. The van der Waals surface area contributed by atoms with Crippen LogP contribution in [0, 0.1) is 11.8 Å². The first kappa shape index (κ1) is 11.0. The van der Waals surface area contributed by atoms with Crippen molar-refractivity contribution < 1.29 is 14.6 Å². The molecule has 0 radical (unpaired) electrons. The van der Waals surface area contributed by atoms with Crippen LogP contribution in [0.1, 0.15) is 27.7 Å². The normalized spacial score (nSPS) is 44.8. The number of hydrogen-bond donors (Lipinski definition) is 1. The van der Waals surface area contributed by atoms with Crippen LogP contribution in [0.5, 0.6) is 0 Å². The van der Waals surface area contributed by atoms with Crippen LogP contribution in [-0.2, 0) is 9.47 Å². The van der Waals surface area contributed by atoms with Crippen LogP contribution in [0.25, 0.3) is 0 Å². The Morgan fingerprint density at radius 2 is 1.85 bits per heavy atom. The van der Waals surface area contributed by atoms with Crippen molar-refractivity contribution in [1.29, 1.82) is 0 Å². The van der Waals surface area contributed by atoms with Gasteiger partial charge in [-0.25, -0.2) is 0 Å². The van der Waals surface area contributed by atoms with Gasteiger partial charge in [0.15, 0.2) is 6.29 Å². The molecule has 0 saturated carbocycles. The quantitative estimate of drug-likeness (QED) is 0.676. The molecular formula is C10H20O3. The molecule has 1 rings (SSSR count). The van der Waals surface area contributed by atoms with Crippen LogP contribution in [0.15, 0.2) is 0 Å². The van der Waals surface area contributed by atoms with Crippen molar-refractivity contribution in [3.63, 3.8) is 0 Å². The average Bonchev–Trinajstić information content (AvgIpc) is 2.02. The van der Waals surface area contributed by atoms with Gasteiger partial charge in [-0.2, -0.15) is 0 Å². The topological polar surface area (TPSA) is 38.7 Å². The van der Waals surface area contributed by atoms with Gasteiger partial charge in [0.25, 0.3) is 0 Å². The number of aliphatic hydroxyl groups excluding tert-OH is 1. The number of methoxy groups -OCH3 is 1. The maximum atomic E-state index is 9.63. The van der Waals surface area contributed by atoms with Crippen molar-refractivity contribution in [3.05, 3.63) is 0 Å². The molecule has 0 amide bonds. The Kier molecular flexibility index (Phi) is 3.00. The summed E-state index contributed by atoms with van der Waals surface area (Å²) in [6.45, 7) is 8.01. The summed E-state index contributed by atoms with van der Waals surface area (Å²) < 4.78 is 10.9. The maximum absolute atomic E-state index is 9.63. The first-order valence-electron chi connectivity index (χ1n) is 4.79. The van der Waals surface area contributed by atoms with Gasteiger partial charge in [0.05, 0.1) is 11.7 Å². The number of hydrogen-bond acceptors (Lipinski definition) is 3. The van der Waals surface area contributed by atoms with Gasteiger partial charge in [-0.15, -0.1) is 0 Å². The standard InChI is InChI=1S/C10H20O3/c1-6-8(12-5)7(2)10(3,4)13-9(6)11/h6-9,11H,1-5H3. The van der Waals surface area contributed by atoms with Crippen molar-refractivity contribution in [2.75, 3.05) is 7.11 Å². The van der Waals surface area contributed by atoms with Crippen LogP contribution >= 0.6 is 0 Å². The summed E-state index contributed by atoms with van der Waals surface area (Å²) in [7, 11) is 1.69. The van der Waals surface area contributed by atoms with Crippen molar-refractivity contribution in [2.24, 2.45) is 11.8 Å². The van der Waals surface area contributed by atoms with Crippen LogP contribution in [0.4, 0.5) is 0 Å². The Balaban J connectivity index is 2.81. The van der Waals surface area contributed by atoms with Gasteiger partial charge in [-0.3, -0.25) is 0 Å². The first-order chi connectivity index (χ1) is 5.90. The van der Waals surface area contributed by atoms with Crippen LogP contribution < -0.4 is 0 Å². The summed E-state index contributed by atoms with van der Waals surface area (Å²) in [5, 5.41) is 9.63. The highest BCUT2D eigenvalue weighted by Gasteiger charge is 2.45. The highest BCUT2D eigenvalue weighted by atomic mass is 16.6. The summed E-state index contributed by atoms with van der Waals surface area (Å²) in [5.74, 6) is 0.323. The van der Waals surface area contributed by atoms with E-state index < -0.39 is 6.29 Å². The molecule has 0 spiro atoms. The van der Waals surface area contributed by atoms with E-state index in [1.54, 1.807) is 7.11 Å². The Labute approximate surface area is 80.0 Å². The minimum Gasteiger partial charge on any atom is -0.381 e. The molecule has 0 aliphatic carbocycles. The van der Waals surface area contributed by atoms with Gasteiger partial charge >= 0.3 is 0 Å². The lowest BCUT2D eigenvalue weighted by molar-refractivity contribution is -0.278. The second-order valence-corrected chi connectivity index (χ2v) is 4.46. The summed E-state index contributed by atoms with van der Waals surface area (Å²) in [4.78, 5) is 0. The molecular weight excluding hydrogens is 168 g/mol. The monoisotopic (exact) mass is 188 g/mol. The highest BCUT2D eigenvalue weighted by Crippen LogP contribution is 2.37. The Bertz CT molecular complexity index is 179. The molecule has 0 aromatic carbocycles. The zero-order valence-corrected chi connectivity index (χ0v) is 9.07. The number of ether oxygens (including phenoxy) is 2. The minimum atomic E-state index is -0.712. The van der Waals surface area contributed by atoms with E-state index in [1.165, 1.54) is 0 Å². The molecule has 1 fully saturated rings. The molecule has 4 unspecified atom stereocenters. The SMILES string of the molecule is COC1C(C)C(O)OC(C)(C)C1C. The van der Waals surface area contributed by atoms with E-state index >= 15 is 0 Å². The fraction of sp³-hybridized carbons (Fsp3) is 1.00. The van der Waals surface area contributed by atoms with Gasteiger partial charge in [0, 0.05) is 18.9 Å². The molecule has 0 aromatic heterocycles. The summed E-state index contributed by atoms with van der Waals surface area (Å²) in [5.41, 5.74) is -0.313. The van der Waals surface area contributed by atoms with E-state index in [9.17, 15) is 5.11 Å². The zero-order valence-electron chi connectivity index (χ0n) is 9.07. The van der Waals surface area contributed by atoms with Crippen LogP contribution in [-0.4, -0.2) is 30.2 Å². The third-order valence-corrected chi connectivity index (χ3v) is 3.25. The molecule has 1 N–H and O–H groups in total. The molecule has 0 bridgehead atoms. The third kappa shape index (κ3) is 1.87. The van der Waals surface area contributed by atoms with Crippen molar-refractivity contribution >= 4 is 0 Å². The summed E-state index contributed by atoms with van der Waals surface area (Å²) >= 11 is 0. The van der Waals surface area contributed by atoms with Gasteiger partial charge in [-0.05, 0) is 13.8 Å². The van der Waals surface area contributed by atoms with Gasteiger partial charge in [-0.1, -0.05) is 13.8 Å². The van der Waals surface area contributed by atoms with Crippen LogP contribution in [0.3, 0.4) is 0 Å². The lowest BCUT2D eigenvalue weighted by Gasteiger charge is -2.47. The highest BCUT2D eigenvalue weighted by molar-refractivity contribution is 4.90. The second kappa shape index (κ2) is 3.56. The summed E-state index contributed by atoms with van der Waals surface area (Å²) in [6.07, 6.45) is -0.644. The third-order valence-electron chi connectivity index (χ3n) is 3.25. The lowest BCUT2D eigenvalue weighted by atomic mass is 9.79. The average molecular weight is 188 g/mol. The first-order valence-corrected chi connectivity index (χ1v) is 4.79. The summed E-state index contributed by atoms with van der Waals surface area (Å²) in [6, 6.07) is 0. The van der Waals surface area contributed by atoms with Gasteiger partial charge in [0.2, 0.25) is 0 Å². The lowest BCUT2D eigenvalue weighted by Crippen LogP contribution is -2.54. The Morgan fingerprint density at radius 1 is 1.31 bits per heavy atom. The molecule has 0 aromatic rings. The predicted octanol–water partition coefficient (Wildman–Crippen LogP) is 1.40. The zero-order chi connectivity index (χ0) is 10.2. The van der Waals surface area contributed by atoms with Gasteiger partial charge < -0.3 is 14.6 Å². The number of aliphatic hydroxyl groups is 1. The predicted molar refractivity (Wildman–Crippen MR) is 50.3 cm³/mol. The fourth-order valence-electron chi connectivity index (χ4n) is 1.96. The molecule has 13 heavy (non-hydrogen) atoms. The van der Waals surface area contributed by atoms with E-state index in [-0.39, 0.29) is 23.5 Å². The molecule has 3 heteroatoms. The largest absolute Gasteiger partial charge is 0.381 e. The molecule has 78 valence electrons. The van der Waals surface area contributed by atoms with E-state index in [0.29, 0.717) is 0 Å². The number of rotatable bonds is 1. The molecule has 4 atom stereocenters. The molecule has 1 aliphatic rings. The van der Waals surface area contributed by atoms with Crippen LogP contribution in [0.2, 0.25) is 0 Å². The van der Waals surface area contributed by atoms with E-state index in [1.807, 2.05) is 20.8 Å². The molecule has 1 aliphatic heterocycles. The fourth-order valence-corrected chi connectivity index (χ4v) is 1.96. The minimum absolute atomic E-state index is 0.0352. The van der Waals surface area contributed by atoms with Crippen molar-refractivity contribution in [3.8, 4) is 0 Å². The van der Waals surface area contributed by atoms with E-state index in [2.05, 4.69) is 6.92 Å².